The summed E-state index contributed by atoms with van der Waals surface area (Å²) < 4.78 is 0.247. The fourth-order valence-electron chi connectivity index (χ4n) is 0.450. The van der Waals surface area contributed by atoms with Gasteiger partial charge in [-0.15, -0.1) is 12.6 Å². The SMILES string of the molecule is CN(C)CC(=O)NNC(=S)S. The lowest BCUT2D eigenvalue weighted by Crippen LogP contribution is -2.43. The van der Waals surface area contributed by atoms with E-state index in [1.165, 1.54) is 0 Å². The van der Waals surface area contributed by atoms with E-state index in [-0.39, 0.29) is 10.2 Å². The molecule has 0 aliphatic carbocycles. The summed E-state index contributed by atoms with van der Waals surface area (Å²) in [6.45, 7) is 0.323. The number of nitrogens with one attached hydrogen (secondary N) is 2. The number of carbonyl (C=O) groups excluding carboxylic acids is 1. The second-order valence-corrected chi connectivity index (χ2v) is 3.37. The Hall–Kier alpha value is -0.330. The van der Waals surface area contributed by atoms with Gasteiger partial charge in [-0.25, -0.2) is 0 Å². The van der Waals surface area contributed by atoms with Gasteiger partial charge in [-0.05, 0) is 14.1 Å². The molecule has 4 nitrogen and oxygen atoms in total. The van der Waals surface area contributed by atoms with Crippen LogP contribution in [0.5, 0.6) is 0 Å². The fourth-order valence-corrected chi connectivity index (χ4v) is 0.557. The van der Waals surface area contributed by atoms with Crippen LogP contribution in [0.2, 0.25) is 0 Å². The van der Waals surface area contributed by atoms with Crippen molar-refractivity contribution in [2.24, 2.45) is 0 Å². The summed E-state index contributed by atoms with van der Waals surface area (Å²) in [4.78, 5) is 12.6. The van der Waals surface area contributed by atoms with E-state index in [2.05, 4.69) is 35.7 Å². The lowest BCUT2D eigenvalue weighted by molar-refractivity contribution is -0.122. The molecule has 0 aliphatic heterocycles. The topological polar surface area (TPSA) is 44.4 Å². The summed E-state index contributed by atoms with van der Waals surface area (Å²) in [5.41, 5.74) is 4.79. The maximum atomic E-state index is 10.8. The minimum Gasteiger partial charge on any atom is -0.301 e. The summed E-state index contributed by atoms with van der Waals surface area (Å²) in [7, 11) is 3.61. The van der Waals surface area contributed by atoms with E-state index >= 15 is 0 Å². The molecule has 0 bridgehead atoms. The fraction of sp³-hybridized carbons (Fsp3) is 0.600. The van der Waals surface area contributed by atoms with Crippen molar-refractivity contribution >= 4 is 35.1 Å². The summed E-state index contributed by atoms with van der Waals surface area (Å²) in [5, 5.41) is 0. The molecular formula is C5H11N3OS2. The molecule has 11 heavy (non-hydrogen) atoms. The third-order valence-corrected chi connectivity index (χ3v) is 0.983. The van der Waals surface area contributed by atoms with Crippen LogP contribution >= 0.6 is 24.8 Å². The predicted molar refractivity (Wildman–Crippen MR) is 51.4 cm³/mol. The van der Waals surface area contributed by atoms with Gasteiger partial charge < -0.3 is 4.90 Å². The Kier molecular flexibility index (Phi) is 5.18. The molecule has 0 radical (unpaired) electrons. The standard InChI is InChI=1S/C5H11N3OS2/c1-8(2)3-4(9)6-7-5(10)11/h3H2,1-2H3,(H,6,9)(H2,7,10,11). The minimum atomic E-state index is -0.147. The molecule has 0 saturated carbocycles. The number of thiocarbonyl (C=S) groups is 1. The number of thiol groups is 1. The highest BCUT2D eigenvalue weighted by molar-refractivity contribution is 8.11. The van der Waals surface area contributed by atoms with Gasteiger partial charge in [0.05, 0.1) is 6.54 Å². The first-order valence-electron chi connectivity index (χ1n) is 2.95. The van der Waals surface area contributed by atoms with Gasteiger partial charge in [0.25, 0.3) is 5.91 Å². The molecule has 0 aromatic rings. The zero-order valence-corrected chi connectivity index (χ0v) is 8.13. The average Bonchev–Trinajstić information content (AvgIpc) is 1.82. The Labute approximate surface area is 76.7 Å². The van der Waals surface area contributed by atoms with Crippen molar-refractivity contribution in [1.82, 2.24) is 15.8 Å². The molecule has 0 rings (SSSR count). The number of carbonyl (C=O) groups is 1. The number of likely N-dealkylation sites (N-methyl/N-ethyl adjacent to an activating group) is 1. The van der Waals surface area contributed by atoms with Gasteiger partial charge in [0.2, 0.25) is 0 Å². The molecule has 0 unspecified atom stereocenters. The lowest BCUT2D eigenvalue weighted by atomic mass is 10.6. The lowest BCUT2D eigenvalue weighted by Gasteiger charge is -2.09. The molecule has 0 fully saturated rings. The highest BCUT2D eigenvalue weighted by atomic mass is 32.1. The van der Waals surface area contributed by atoms with Crippen molar-refractivity contribution in [3.05, 3.63) is 0 Å². The van der Waals surface area contributed by atoms with E-state index in [0.717, 1.165) is 0 Å². The van der Waals surface area contributed by atoms with Gasteiger partial charge in [0, 0.05) is 0 Å². The second-order valence-electron chi connectivity index (χ2n) is 2.22. The number of rotatable bonds is 2. The van der Waals surface area contributed by atoms with E-state index in [1.807, 2.05) is 0 Å². The molecule has 0 aliphatic rings. The van der Waals surface area contributed by atoms with Crippen LogP contribution < -0.4 is 10.9 Å². The zero-order valence-electron chi connectivity index (χ0n) is 6.42. The molecule has 0 saturated heterocycles. The molecule has 2 N–H and O–H groups in total. The Morgan fingerprint density at radius 3 is 2.45 bits per heavy atom. The van der Waals surface area contributed by atoms with Crippen molar-refractivity contribution in [3.63, 3.8) is 0 Å². The van der Waals surface area contributed by atoms with Crippen molar-refractivity contribution in [1.29, 1.82) is 0 Å². The van der Waals surface area contributed by atoms with Crippen LogP contribution in [0.15, 0.2) is 0 Å². The third kappa shape index (κ3) is 7.57. The van der Waals surface area contributed by atoms with Gasteiger partial charge >= 0.3 is 0 Å². The van der Waals surface area contributed by atoms with E-state index < -0.39 is 0 Å². The third-order valence-electron chi connectivity index (χ3n) is 0.769. The van der Waals surface area contributed by atoms with E-state index in [9.17, 15) is 4.79 Å². The Balaban J connectivity index is 3.45. The maximum absolute atomic E-state index is 10.8. The first-order chi connectivity index (χ1) is 5.02. The quantitative estimate of drug-likeness (QED) is 0.311. The van der Waals surface area contributed by atoms with Crippen molar-refractivity contribution in [3.8, 4) is 0 Å². The predicted octanol–water partition coefficient (Wildman–Crippen LogP) is -0.616. The van der Waals surface area contributed by atoms with Gasteiger partial charge in [-0.3, -0.25) is 15.6 Å². The number of hydrogen-bond donors (Lipinski definition) is 3. The number of hydrogen-bond acceptors (Lipinski definition) is 3. The first-order valence-corrected chi connectivity index (χ1v) is 3.80. The van der Waals surface area contributed by atoms with Crippen LogP contribution in [0.1, 0.15) is 0 Å². The summed E-state index contributed by atoms with van der Waals surface area (Å²) in [5.74, 6) is -0.147. The van der Waals surface area contributed by atoms with Crippen LogP contribution in [-0.4, -0.2) is 35.8 Å². The number of hydrazine groups is 1. The van der Waals surface area contributed by atoms with Gasteiger partial charge in [0.1, 0.15) is 4.32 Å². The van der Waals surface area contributed by atoms with Crippen molar-refractivity contribution < 1.29 is 4.79 Å². The van der Waals surface area contributed by atoms with Gasteiger partial charge in [-0.1, -0.05) is 12.2 Å². The highest BCUT2D eigenvalue weighted by Gasteiger charge is 2.00. The molecule has 6 heteroatoms. The Morgan fingerprint density at radius 1 is 1.55 bits per heavy atom. The molecular weight excluding hydrogens is 182 g/mol. The largest absolute Gasteiger partial charge is 0.301 e. The number of amides is 1. The van der Waals surface area contributed by atoms with E-state index in [4.69, 9.17) is 0 Å². The smallest absolute Gasteiger partial charge is 0.252 e. The molecule has 0 spiro atoms. The Morgan fingerprint density at radius 2 is 2.09 bits per heavy atom. The molecule has 1 amide bonds. The zero-order chi connectivity index (χ0) is 8.85. The summed E-state index contributed by atoms with van der Waals surface area (Å²) in [6.07, 6.45) is 0. The molecule has 0 heterocycles. The van der Waals surface area contributed by atoms with Crippen LogP contribution in [-0.2, 0) is 4.79 Å². The van der Waals surface area contributed by atoms with Gasteiger partial charge in [-0.2, -0.15) is 0 Å². The van der Waals surface area contributed by atoms with Crippen LogP contribution in [0.3, 0.4) is 0 Å². The monoisotopic (exact) mass is 193 g/mol. The molecule has 0 aromatic carbocycles. The van der Waals surface area contributed by atoms with Crippen LogP contribution in [0.4, 0.5) is 0 Å². The highest BCUT2D eigenvalue weighted by Crippen LogP contribution is 1.75. The Bertz CT molecular complexity index is 160. The minimum absolute atomic E-state index is 0.147. The van der Waals surface area contributed by atoms with E-state index in [1.54, 1.807) is 19.0 Å². The number of nitrogens with zero attached hydrogens (tertiary/aromatic N) is 1. The maximum Gasteiger partial charge on any atom is 0.252 e. The molecule has 0 aromatic heterocycles. The van der Waals surface area contributed by atoms with E-state index in [0.29, 0.717) is 6.54 Å². The average molecular weight is 193 g/mol. The molecule has 0 atom stereocenters. The van der Waals surface area contributed by atoms with Crippen molar-refractivity contribution in [2.45, 2.75) is 0 Å². The summed E-state index contributed by atoms with van der Waals surface area (Å²) in [6, 6.07) is 0. The van der Waals surface area contributed by atoms with Crippen molar-refractivity contribution in [2.75, 3.05) is 20.6 Å². The molecule has 64 valence electrons. The van der Waals surface area contributed by atoms with Crippen LogP contribution in [0.25, 0.3) is 0 Å². The second kappa shape index (κ2) is 5.34. The first kappa shape index (κ1) is 10.7. The van der Waals surface area contributed by atoms with Gasteiger partial charge in [0.15, 0.2) is 0 Å². The normalized spacial score (nSPS) is 9.45. The summed E-state index contributed by atoms with van der Waals surface area (Å²) >= 11 is 8.31. The van der Waals surface area contributed by atoms with Crippen LogP contribution in [0, 0.1) is 0 Å².